The van der Waals surface area contributed by atoms with Crippen molar-refractivity contribution in [2.45, 2.75) is 45.8 Å². The van der Waals surface area contributed by atoms with Gasteiger partial charge in [-0.3, -0.25) is 4.79 Å². The first-order valence-electron chi connectivity index (χ1n) is 7.42. The molecule has 4 nitrogen and oxygen atoms in total. The Morgan fingerprint density at radius 2 is 2.15 bits per heavy atom. The van der Waals surface area contributed by atoms with Crippen molar-refractivity contribution in [1.29, 1.82) is 0 Å². The zero-order chi connectivity index (χ0) is 14.2. The highest BCUT2D eigenvalue weighted by atomic mass is 16.7. The van der Waals surface area contributed by atoms with E-state index in [-0.39, 0.29) is 17.7 Å². The van der Waals surface area contributed by atoms with Gasteiger partial charge in [-0.05, 0) is 30.9 Å². The summed E-state index contributed by atoms with van der Waals surface area (Å²) in [5, 5.41) is 0. The highest BCUT2D eigenvalue weighted by molar-refractivity contribution is 5.67. The van der Waals surface area contributed by atoms with Crippen LogP contribution in [-0.4, -0.2) is 25.5 Å². The molecule has 4 heteroatoms. The lowest BCUT2D eigenvalue weighted by Gasteiger charge is -2.45. The van der Waals surface area contributed by atoms with Crippen LogP contribution in [0.2, 0.25) is 0 Å². The average Bonchev–Trinajstić information content (AvgIpc) is 2.91. The van der Waals surface area contributed by atoms with Gasteiger partial charge >= 0.3 is 5.97 Å². The molecule has 110 valence electrons. The molecule has 0 aromatic rings. The molecule has 1 heterocycles. The summed E-state index contributed by atoms with van der Waals surface area (Å²) in [5.41, 5.74) is 1.34. The Labute approximate surface area is 119 Å². The molecule has 0 amide bonds. The summed E-state index contributed by atoms with van der Waals surface area (Å²) in [7, 11) is 0. The maximum absolute atomic E-state index is 11.1. The van der Waals surface area contributed by atoms with Gasteiger partial charge in [0, 0.05) is 24.7 Å². The predicted octanol–water partition coefficient (Wildman–Crippen LogP) is 2.94. The quantitative estimate of drug-likeness (QED) is 0.728. The van der Waals surface area contributed by atoms with Crippen LogP contribution < -0.4 is 0 Å². The van der Waals surface area contributed by atoms with Crippen molar-refractivity contribution < 1.29 is 19.0 Å². The molecule has 3 rings (SSSR count). The van der Waals surface area contributed by atoms with Gasteiger partial charge in [-0.15, -0.1) is 0 Å². The largest absolute Gasteiger partial charge is 0.431 e. The number of hydrogen-bond donors (Lipinski definition) is 0. The summed E-state index contributed by atoms with van der Waals surface area (Å²) < 4.78 is 16.7. The van der Waals surface area contributed by atoms with Crippen LogP contribution in [0.3, 0.4) is 0 Å². The van der Waals surface area contributed by atoms with Crippen LogP contribution in [0, 0.1) is 11.3 Å². The van der Waals surface area contributed by atoms with Crippen LogP contribution in [0.4, 0.5) is 0 Å². The Morgan fingerprint density at radius 3 is 2.85 bits per heavy atom. The molecule has 3 aliphatic rings. The maximum Gasteiger partial charge on any atom is 0.307 e. The minimum atomic E-state index is -0.240. The van der Waals surface area contributed by atoms with Gasteiger partial charge in [-0.2, -0.15) is 0 Å². The number of carbonyl (C=O) groups is 1. The van der Waals surface area contributed by atoms with Gasteiger partial charge in [0.05, 0.1) is 13.2 Å². The van der Waals surface area contributed by atoms with Crippen LogP contribution in [0.1, 0.15) is 39.5 Å². The van der Waals surface area contributed by atoms with E-state index < -0.39 is 0 Å². The van der Waals surface area contributed by atoms with Crippen molar-refractivity contribution in [2.75, 3.05) is 13.2 Å². The molecule has 0 spiro atoms. The van der Waals surface area contributed by atoms with Crippen molar-refractivity contribution in [3.63, 3.8) is 0 Å². The second-order valence-electron chi connectivity index (χ2n) is 6.08. The first-order valence-corrected chi connectivity index (χ1v) is 7.42. The van der Waals surface area contributed by atoms with Gasteiger partial charge in [0.25, 0.3) is 0 Å². The molecular formula is C16H22O4. The zero-order valence-corrected chi connectivity index (χ0v) is 12.2. The van der Waals surface area contributed by atoms with E-state index in [2.05, 4.69) is 13.0 Å². The van der Waals surface area contributed by atoms with Gasteiger partial charge in [0.2, 0.25) is 0 Å². The summed E-state index contributed by atoms with van der Waals surface area (Å²) in [6.45, 7) is 5.14. The molecule has 1 saturated heterocycles. The zero-order valence-electron chi connectivity index (χ0n) is 12.2. The molecule has 1 aliphatic heterocycles. The Morgan fingerprint density at radius 1 is 1.40 bits per heavy atom. The minimum absolute atomic E-state index is 0.0664. The molecule has 1 fully saturated rings. The lowest BCUT2D eigenvalue weighted by molar-refractivity contribution is -0.138. The monoisotopic (exact) mass is 278 g/mol. The highest BCUT2D eigenvalue weighted by Crippen LogP contribution is 2.52. The van der Waals surface area contributed by atoms with E-state index >= 15 is 0 Å². The van der Waals surface area contributed by atoms with E-state index in [1.165, 1.54) is 12.5 Å². The third kappa shape index (κ3) is 2.42. The summed E-state index contributed by atoms with van der Waals surface area (Å²) in [6.07, 6.45) is 8.15. The van der Waals surface area contributed by atoms with Gasteiger partial charge in [0.15, 0.2) is 6.29 Å². The van der Waals surface area contributed by atoms with Crippen molar-refractivity contribution in [3.8, 4) is 0 Å². The van der Waals surface area contributed by atoms with Crippen LogP contribution in [-0.2, 0) is 19.0 Å². The molecule has 2 atom stereocenters. The molecule has 2 aliphatic carbocycles. The third-order valence-electron chi connectivity index (χ3n) is 4.78. The fourth-order valence-electron chi connectivity index (χ4n) is 3.68. The normalized spacial score (nSPS) is 34.2. The van der Waals surface area contributed by atoms with E-state index in [9.17, 15) is 4.79 Å². The van der Waals surface area contributed by atoms with Gasteiger partial charge in [-0.1, -0.05) is 13.0 Å². The Kier molecular flexibility index (Phi) is 3.69. The Bertz CT molecular complexity index is 459. The summed E-state index contributed by atoms with van der Waals surface area (Å²) in [6, 6.07) is 0. The van der Waals surface area contributed by atoms with Crippen LogP contribution in [0.15, 0.2) is 23.5 Å². The van der Waals surface area contributed by atoms with E-state index in [1.807, 2.05) is 6.08 Å². The molecule has 0 aromatic carbocycles. The third-order valence-corrected chi connectivity index (χ3v) is 4.78. The van der Waals surface area contributed by atoms with E-state index in [0.717, 1.165) is 31.4 Å². The smallest absolute Gasteiger partial charge is 0.307 e. The number of allylic oxidation sites excluding steroid dienone is 4. The Balaban J connectivity index is 1.83. The fourth-order valence-corrected chi connectivity index (χ4v) is 3.68. The average molecular weight is 278 g/mol. The topological polar surface area (TPSA) is 44.8 Å². The van der Waals surface area contributed by atoms with Crippen LogP contribution in [0.5, 0.6) is 0 Å². The van der Waals surface area contributed by atoms with Gasteiger partial charge in [-0.25, -0.2) is 0 Å². The molecular weight excluding hydrogens is 256 g/mol. The standard InChI is InChI=1S/C16H22O4/c1-11(17)20-13-6-7-16(2)12(10-13)4-3-5-14(16)15-18-8-9-19-15/h4,10,14-15H,3,5-9H2,1-2H3/t14-,16+/m1/s1. The van der Waals surface area contributed by atoms with Crippen molar-refractivity contribution in [3.05, 3.63) is 23.5 Å². The number of esters is 1. The number of rotatable bonds is 2. The Hall–Kier alpha value is -1.13. The number of carbonyl (C=O) groups excluding carboxylic acids is 1. The van der Waals surface area contributed by atoms with E-state index in [1.54, 1.807) is 0 Å². The first kappa shape index (κ1) is 13.8. The maximum atomic E-state index is 11.1. The molecule has 20 heavy (non-hydrogen) atoms. The molecule has 0 saturated carbocycles. The predicted molar refractivity (Wildman–Crippen MR) is 73.7 cm³/mol. The second kappa shape index (κ2) is 5.34. The fraction of sp³-hybridized carbons (Fsp3) is 0.688. The SMILES string of the molecule is CC(=O)OC1=CC2=CCC[C@H](C3OCCO3)[C@@]2(C)CC1. The molecule has 0 aromatic heterocycles. The van der Waals surface area contributed by atoms with Gasteiger partial charge < -0.3 is 14.2 Å². The number of fused-ring (bicyclic) bond motifs is 1. The van der Waals surface area contributed by atoms with Gasteiger partial charge in [0.1, 0.15) is 5.76 Å². The molecule has 0 bridgehead atoms. The van der Waals surface area contributed by atoms with Crippen molar-refractivity contribution in [1.82, 2.24) is 0 Å². The molecule has 0 N–H and O–H groups in total. The molecule has 0 unspecified atom stereocenters. The van der Waals surface area contributed by atoms with E-state index in [0.29, 0.717) is 19.1 Å². The second-order valence-corrected chi connectivity index (χ2v) is 6.08. The van der Waals surface area contributed by atoms with Crippen LogP contribution in [0.25, 0.3) is 0 Å². The highest BCUT2D eigenvalue weighted by Gasteiger charge is 2.46. The lowest BCUT2D eigenvalue weighted by Crippen LogP contribution is -2.41. The molecule has 0 radical (unpaired) electrons. The van der Waals surface area contributed by atoms with Crippen molar-refractivity contribution >= 4 is 5.97 Å². The minimum Gasteiger partial charge on any atom is -0.431 e. The lowest BCUT2D eigenvalue weighted by atomic mass is 9.61. The summed E-state index contributed by atoms with van der Waals surface area (Å²) in [4.78, 5) is 11.1. The van der Waals surface area contributed by atoms with Crippen molar-refractivity contribution in [2.24, 2.45) is 11.3 Å². The summed E-state index contributed by atoms with van der Waals surface area (Å²) in [5.74, 6) is 0.936. The van der Waals surface area contributed by atoms with Crippen LogP contribution >= 0.6 is 0 Å². The number of hydrogen-bond acceptors (Lipinski definition) is 4. The van der Waals surface area contributed by atoms with E-state index in [4.69, 9.17) is 14.2 Å². The first-order chi connectivity index (χ1) is 9.59. The number of ether oxygens (including phenoxy) is 3. The summed E-state index contributed by atoms with van der Waals surface area (Å²) >= 11 is 0.